The van der Waals surface area contributed by atoms with E-state index in [9.17, 15) is 4.79 Å². The van der Waals surface area contributed by atoms with Crippen LogP contribution in [0.4, 0.5) is 0 Å². The molecule has 31 heavy (non-hydrogen) atoms. The highest BCUT2D eigenvalue weighted by atomic mass is 16.5. The van der Waals surface area contributed by atoms with E-state index < -0.39 is 0 Å². The minimum Gasteiger partial charge on any atom is -0.493 e. The van der Waals surface area contributed by atoms with Gasteiger partial charge in [-0.3, -0.25) is 0 Å². The van der Waals surface area contributed by atoms with Crippen molar-refractivity contribution in [3.63, 3.8) is 0 Å². The van der Waals surface area contributed by atoms with E-state index in [2.05, 4.69) is 0 Å². The number of rotatable bonds is 7. The number of hydrogen-bond donors (Lipinski definition) is 1. The van der Waals surface area contributed by atoms with Gasteiger partial charge >= 0.3 is 5.97 Å². The first-order chi connectivity index (χ1) is 15.1. The number of fused-ring (bicyclic) bond motifs is 1. The Morgan fingerprint density at radius 2 is 1.65 bits per heavy atom. The van der Waals surface area contributed by atoms with Crippen LogP contribution in [0.5, 0.6) is 17.2 Å². The molecule has 1 aliphatic carbocycles. The molecule has 6 nitrogen and oxygen atoms in total. The Bertz CT molecular complexity index is 735. The predicted octanol–water partition coefficient (Wildman–Crippen LogP) is 3.13. The van der Waals surface area contributed by atoms with Crippen LogP contribution in [0.3, 0.4) is 0 Å². The van der Waals surface area contributed by atoms with Gasteiger partial charge in [-0.2, -0.15) is 0 Å². The van der Waals surface area contributed by atoms with Crippen molar-refractivity contribution in [1.82, 2.24) is 0 Å². The molecule has 0 spiro atoms. The molecule has 1 N–H and O–H groups in total. The molecule has 1 aromatic carbocycles. The molecule has 0 bridgehead atoms. The van der Waals surface area contributed by atoms with Crippen LogP contribution in [0.1, 0.15) is 61.7 Å². The Morgan fingerprint density at radius 3 is 2.29 bits per heavy atom. The smallest absolute Gasteiger partial charge is 0.338 e. The number of esters is 1. The SMILES string of the molecule is COc1cc(C(=O)OC[C@@H]2CCC[NH+]3C[C@@H](C4CCCCC4)C[C@H]23)cc(OC)c1OC. The van der Waals surface area contributed by atoms with Crippen molar-refractivity contribution in [2.24, 2.45) is 17.8 Å². The zero-order valence-corrected chi connectivity index (χ0v) is 19.3. The van der Waals surface area contributed by atoms with Crippen molar-refractivity contribution in [2.75, 3.05) is 41.0 Å². The van der Waals surface area contributed by atoms with E-state index in [1.165, 1.54) is 58.0 Å². The van der Waals surface area contributed by atoms with E-state index in [-0.39, 0.29) is 5.97 Å². The molecule has 2 aliphatic heterocycles. The lowest BCUT2D eigenvalue weighted by Gasteiger charge is -2.33. The monoisotopic (exact) mass is 432 g/mol. The normalized spacial score (nSPS) is 28.6. The third kappa shape index (κ3) is 4.79. The summed E-state index contributed by atoms with van der Waals surface area (Å²) in [4.78, 5) is 14.6. The van der Waals surface area contributed by atoms with Crippen molar-refractivity contribution >= 4 is 5.97 Å². The van der Waals surface area contributed by atoms with Crippen LogP contribution < -0.4 is 19.1 Å². The van der Waals surface area contributed by atoms with Crippen LogP contribution in [-0.2, 0) is 4.74 Å². The van der Waals surface area contributed by atoms with Crippen LogP contribution in [0, 0.1) is 17.8 Å². The number of piperidine rings is 1. The molecule has 4 rings (SSSR count). The average molecular weight is 433 g/mol. The molecule has 1 unspecified atom stereocenters. The standard InChI is InChI=1S/C25H37NO5/c1-28-22-13-19(14-23(29-2)24(22)30-3)25(27)31-16-18-10-7-11-26-15-20(12-21(18)26)17-8-5-4-6-9-17/h13-14,17-18,20-21H,4-12,15-16H2,1-3H3/p+1/t18-,20-,21+/m0/s1. The summed E-state index contributed by atoms with van der Waals surface area (Å²) >= 11 is 0. The van der Waals surface area contributed by atoms with Gasteiger partial charge in [0.1, 0.15) is 6.61 Å². The van der Waals surface area contributed by atoms with Gasteiger partial charge in [0.05, 0.1) is 46.0 Å². The van der Waals surface area contributed by atoms with Crippen LogP contribution in [0.25, 0.3) is 0 Å². The maximum Gasteiger partial charge on any atom is 0.338 e. The first kappa shape index (κ1) is 22.3. The summed E-state index contributed by atoms with van der Waals surface area (Å²) in [6, 6.07) is 3.97. The molecule has 1 saturated carbocycles. The molecule has 2 saturated heterocycles. The second-order valence-electron chi connectivity index (χ2n) is 9.53. The molecule has 172 valence electrons. The molecule has 0 aromatic heterocycles. The quantitative estimate of drug-likeness (QED) is 0.671. The Labute approximate surface area is 186 Å². The van der Waals surface area contributed by atoms with Gasteiger partial charge in [-0.25, -0.2) is 4.79 Å². The number of benzene rings is 1. The molecule has 4 atom stereocenters. The van der Waals surface area contributed by atoms with Gasteiger partial charge in [0, 0.05) is 18.3 Å². The summed E-state index contributed by atoms with van der Waals surface area (Å²) in [5.74, 6) is 3.34. The number of ether oxygens (including phenoxy) is 4. The number of nitrogens with one attached hydrogen (secondary N) is 1. The molecule has 6 heteroatoms. The van der Waals surface area contributed by atoms with E-state index in [1.807, 2.05) is 0 Å². The summed E-state index contributed by atoms with van der Waals surface area (Å²) in [6.45, 7) is 3.11. The van der Waals surface area contributed by atoms with Crippen molar-refractivity contribution in [3.8, 4) is 17.2 Å². The largest absolute Gasteiger partial charge is 0.493 e. The summed E-state index contributed by atoms with van der Waals surface area (Å²) in [6.07, 6.45) is 10.8. The molecule has 3 aliphatic rings. The molecular formula is C25H38NO5+. The van der Waals surface area contributed by atoms with Gasteiger partial charge in [-0.05, 0) is 43.7 Å². The number of methoxy groups -OCH3 is 3. The van der Waals surface area contributed by atoms with Gasteiger partial charge < -0.3 is 23.8 Å². The fourth-order valence-electron chi connectivity index (χ4n) is 6.30. The summed E-state index contributed by atoms with van der Waals surface area (Å²) < 4.78 is 21.9. The first-order valence-corrected chi connectivity index (χ1v) is 12.0. The Hall–Kier alpha value is -1.95. The van der Waals surface area contributed by atoms with E-state index in [0.29, 0.717) is 41.4 Å². The van der Waals surface area contributed by atoms with Crippen molar-refractivity contribution in [1.29, 1.82) is 0 Å². The zero-order valence-electron chi connectivity index (χ0n) is 19.3. The molecule has 0 amide bonds. The van der Waals surface area contributed by atoms with Gasteiger partial charge in [-0.1, -0.05) is 19.3 Å². The van der Waals surface area contributed by atoms with E-state index in [4.69, 9.17) is 18.9 Å². The van der Waals surface area contributed by atoms with Crippen molar-refractivity contribution < 1.29 is 28.6 Å². The van der Waals surface area contributed by atoms with Crippen LogP contribution in [0.15, 0.2) is 12.1 Å². The minimum absolute atomic E-state index is 0.326. The highest BCUT2D eigenvalue weighted by Gasteiger charge is 2.45. The fraction of sp³-hybridized carbons (Fsp3) is 0.720. The van der Waals surface area contributed by atoms with Crippen molar-refractivity contribution in [3.05, 3.63) is 17.7 Å². The third-order valence-corrected chi connectivity index (χ3v) is 7.89. The van der Waals surface area contributed by atoms with E-state index in [1.54, 1.807) is 38.4 Å². The highest BCUT2D eigenvalue weighted by molar-refractivity contribution is 5.91. The molecule has 3 fully saturated rings. The Kier molecular flexibility index (Phi) is 7.26. The summed E-state index contributed by atoms with van der Waals surface area (Å²) in [5.41, 5.74) is 0.431. The number of quaternary nitrogens is 1. The van der Waals surface area contributed by atoms with Gasteiger partial charge in [-0.15, -0.1) is 0 Å². The summed E-state index contributed by atoms with van der Waals surface area (Å²) in [5, 5.41) is 0. The molecule has 0 radical (unpaired) electrons. The number of carbonyl (C=O) groups is 1. The minimum atomic E-state index is -0.326. The van der Waals surface area contributed by atoms with Gasteiger partial charge in [0.15, 0.2) is 11.5 Å². The summed E-state index contributed by atoms with van der Waals surface area (Å²) in [7, 11) is 4.65. The molecular weight excluding hydrogens is 394 g/mol. The molecule has 2 heterocycles. The van der Waals surface area contributed by atoms with Crippen LogP contribution in [-0.4, -0.2) is 53.0 Å². The maximum absolute atomic E-state index is 12.8. The fourth-order valence-corrected chi connectivity index (χ4v) is 6.30. The Balaban J connectivity index is 1.39. The van der Waals surface area contributed by atoms with Crippen LogP contribution >= 0.6 is 0 Å². The van der Waals surface area contributed by atoms with E-state index >= 15 is 0 Å². The Morgan fingerprint density at radius 1 is 0.935 bits per heavy atom. The number of hydrogen-bond acceptors (Lipinski definition) is 5. The first-order valence-electron chi connectivity index (χ1n) is 12.0. The van der Waals surface area contributed by atoms with Crippen molar-refractivity contribution in [2.45, 2.75) is 57.4 Å². The lowest BCUT2D eigenvalue weighted by molar-refractivity contribution is -0.923. The second kappa shape index (κ2) is 10.1. The van der Waals surface area contributed by atoms with Crippen LogP contribution in [0.2, 0.25) is 0 Å². The molecule has 1 aromatic rings. The topological polar surface area (TPSA) is 58.4 Å². The zero-order chi connectivity index (χ0) is 21.8. The lowest BCUT2D eigenvalue weighted by Crippen LogP contribution is -3.15. The predicted molar refractivity (Wildman–Crippen MR) is 118 cm³/mol. The highest BCUT2D eigenvalue weighted by Crippen LogP contribution is 2.39. The lowest BCUT2D eigenvalue weighted by atomic mass is 9.78. The number of carbonyl (C=O) groups excluding carboxylic acids is 1. The maximum atomic E-state index is 12.8. The average Bonchev–Trinajstić information content (AvgIpc) is 3.27. The van der Waals surface area contributed by atoms with Gasteiger partial charge in [0.25, 0.3) is 0 Å². The van der Waals surface area contributed by atoms with E-state index in [0.717, 1.165) is 18.3 Å². The second-order valence-corrected chi connectivity index (χ2v) is 9.53. The third-order valence-electron chi connectivity index (χ3n) is 7.89. The van der Waals surface area contributed by atoms with Gasteiger partial charge in [0.2, 0.25) is 5.75 Å².